The fourth-order valence-electron chi connectivity index (χ4n) is 4.41. The van der Waals surface area contributed by atoms with Crippen LogP contribution in [0.4, 0.5) is 11.4 Å². The van der Waals surface area contributed by atoms with Crippen molar-refractivity contribution in [2.75, 3.05) is 23.3 Å². The Morgan fingerprint density at radius 1 is 1.21 bits per heavy atom. The number of hydrogen-bond acceptors (Lipinski definition) is 5. The Morgan fingerprint density at radius 3 is 2.58 bits per heavy atom. The first-order chi connectivity index (χ1) is 15.5. The van der Waals surface area contributed by atoms with E-state index in [1.54, 1.807) is 22.6 Å². The number of halogens is 1. The average molecular weight is 469 g/mol. The number of aromatic carboxylic acids is 1. The highest BCUT2D eigenvalue weighted by molar-refractivity contribution is 6.29. The van der Waals surface area contributed by atoms with Gasteiger partial charge in [-0.15, -0.1) is 0 Å². The first-order valence-electron chi connectivity index (χ1n) is 11.1. The Hall–Kier alpha value is -3.06. The van der Waals surface area contributed by atoms with Crippen LogP contribution >= 0.6 is 11.6 Å². The van der Waals surface area contributed by atoms with Gasteiger partial charge < -0.3 is 15.3 Å². The number of aryl methyl sites for hydroxylation is 1. The average Bonchev–Trinajstić information content (AvgIpc) is 2.74. The van der Waals surface area contributed by atoms with Gasteiger partial charge in [-0.25, -0.2) is 9.78 Å². The number of nitrogens with zero attached hydrogens (tertiary/aromatic N) is 3. The molecule has 1 fully saturated rings. The fraction of sp³-hybridized carbons (Fsp3) is 0.400. The van der Waals surface area contributed by atoms with Crippen LogP contribution in [0.1, 0.15) is 61.3 Å². The van der Waals surface area contributed by atoms with Crippen molar-refractivity contribution in [3.8, 4) is 0 Å². The van der Waals surface area contributed by atoms with Gasteiger partial charge in [0.1, 0.15) is 5.15 Å². The maximum Gasteiger partial charge on any atom is 0.356 e. The molecule has 0 unspecified atom stereocenters. The Labute approximate surface area is 198 Å². The van der Waals surface area contributed by atoms with Crippen LogP contribution in [0.3, 0.4) is 0 Å². The molecule has 174 valence electrons. The molecule has 7 nitrogen and oxygen atoms in total. The molecule has 0 spiro atoms. The molecule has 0 saturated carbocycles. The summed E-state index contributed by atoms with van der Waals surface area (Å²) >= 11 is 5.89. The zero-order valence-electron chi connectivity index (χ0n) is 19.4. The van der Waals surface area contributed by atoms with E-state index in [-0.39, 0.29) is 22.4 Å². The predicted molar refractivity (Wildman–Crippen MR) is 132 cm³/mol. The van der Waals surface area contributed by atoms with Crippen LogP contribution in [0.15, 0.2) is 41.3 Å². The third kappa shape index (κ3) is 4.83. The number of piperidine rings is 1. The number of carboxylic acids is 1. The number of rotatable bonds is 5. The molecular formula is C25H29ClN4O3. The molecule has 1 saturated heterocycles. The summed E-state index contributed by atoms with van der Waals surface area (Å²) < 4.78 is 1.67. The number of pyridine rings is 3. The molecule has 8 heteroatoms. The summed E-state index contributed by atoms with van der Waals surface area (Å²) in [7, 11) is 0. The monoisotopic (exact) mass is 468 g/mol. The second kappa shape index (κ2) is 8.71. The predicted octanol–water partition coefficient (Wildman–Crippen LogP) is 5.15. The number of carboxylic acid groups (broad SMARTS) is 1. The van der Waals surface area contributed by atoms with Crippen LogP contribution in [0, 0.1) is 12.3 Å². The van der Waals surface area contributed by atoms with Crippen LogP contribution in [0.5, 0.6) is 0 Å². The Kier molecular flexibility index (Phi) is 6.10. The second-order valence-electron chi connectivity index (χ2n) is 9.63. The van der Waals surface area contributed by atoms with Crippen molar-refractivity contribution >= 4 is 34.5 Å². The minimum atomic E-state index is -1.16. The molecule has 33 heavy (non-hydrogen) atoms. The van der Waals surface area contributed by atoms with Crippen molar-refractivity contribution in [1.29, 1.82) is 0 Å². The Bertz CT molecular complexity index is 1270. The number of nitrogens with one attached hydrogen (secondary N) is 1. The van der Waals surface area contributed by atoms with Crippen molar-refractivity contribution in [3.63, 3.8) is 0 Å². The minimum absolute atomic E-state index is 0.0798. The van der Waals surface area contributed by atoms with Gasteiger partial charge in [0.05, 0.1) is 17.2 Å². The highest BCUT2D eigenvalue weighted by Gasteiger charge is 2.26. The van der Waals surface area contributed by atoms with Crippen LogP contribution in [0.2, 0.25) is 5.15 Å². The van der Waals surface area contributed by atoms with E-state index >= 15 is 0 Å². The third-order valence-corrected chi connectivity index (χ3v) is 6.66. The van der Waals surface area contributed by atoms with Gasteiger partial charge in [-0.05, 0) is 61.4 Å². The normalized spacial score (nSPS) is 16.6. The molecule has 4 rings (SSSR count). The molecule has 3 aromatic rings. The van der Waals surface area contributed by atoms with Crippen molar-refractivity contribution in [1.82, 2.24) is 9.38 Å². The molecular weight excluding hydrogens is 440 g/mol. The van der Waals surface area contributed by atoms with E-state index in [1.807, 2.05) is 26.1 Å². The molecule has 0 amide bonds. The summed E-state index contributed by atoms with van der Waals surface area (Å²) in [5.41, 5.74) is 4.03. The molecule has 0 aromatic carbocycles. The number of hydrogen-bond donors (Lipinski definition) is 2. The van der Waals surface area contributed by atoms with E-state index in [4.69, 9.17) is 11.6 Å². The van der Waals surface area contributed by atoms with Crippen LogP contribution in [-0.2, 0) is 0 Å². The van der Waals surface area contributed by atoms with Gasteiger partial charge in [-0.3, -0.25) is 9.20 Å². The van der Waals surface area contributed by atoms with Crippen molar-refractivity contribution in [2.45, 2.75) is 46.6 Å². The van der Waals surface area contributed by atoms with E-state index < -0.39 is 5.97 Å². The summed E-state index contributed by atoms with van der Waals surface area (Å²) in [6, 6.07) is 8.68. The first-order valence-corrected chi connectivity index (χ1v) is 11.5. The lowest BCUT2D eigenvalue weighted by molar-refractivity contribution is 0.0691. The number of carbonyl (C=O) groups is 1. The summed E-state index contributed by atoms with van der Waals surface area (Å²) in [6.45, 7) is 10.3. The van der Waals surface area contributed by atoms with Crippen LogP contribution < -0.4 is 15.8 Å². The van der Waals surface area contributed by atoms with E-state index in [0.717, 1.165) is 48.3 Å². The van der Waals surface area contributed by atoms with E-state index in [9.17, 15) is 14.7 Å². The molecule has 0 radical (unpaired) electrons. The number of aromatic nitrogens is 2. The Balaban J connectivity index is 1.75. The highest BCUT2D eigenvalue weighted by Crippen LogP contribution is 2.33. The quantitative estimate of drug-likeness (QED) is 0.503. The maximum absolute atomic E-state index is 13.0. The molecule has 1 atom stereocenters. The maximum atomic E-state index is 13.0. The SMILES string of the molecule is Cc1cc([C@@H](C)Nc2ccc(Cl)nc2C(=O)O)c2cc(N3CCC(C)(C)CC3)cc(=O)n2c1. The van der Waals surface area contributed by atoms with E-state index in [2.05, 4.69) is 35.1 Å². The lowest BCUT2D eigenvalue weighted by Crippen LogP contribution is -2.37. The summed E-state index contributed by atoms with van der Waals surface area (Å²) in [5, 5.41) is 12.9. The first kappa shape index (κ1) is 23.1. The molecule has 3 aromatic heterocycles. The van der Waals surface area contributed by atoms with Crippen molar-refractivity contribution in [2.24, 2.45) is 5.41 Å². The third-order valence-electron chi connectivity index (χ3n) is 6.45. The van der Waals surface area contributed by atoms with E-state index in [0.29, 0.717) is 11.1 Å². The molecule has 1 aliphatic heterocycles. The Morgan fingerprint density at radius 2 is 1.91 bits per heavy atom. The number of fused-ring (bicyclic) bond motifs is 1. The lowest BCUT2D eigenvalue weighted by Gasteiger charge is -2.38. The highest BCUT2D eigenvalue weighted by atomic mass is 35.5. The summed E-state index contributed by atoms with van der Waals surface area (Å²) in [6.07, 6.45) is 3.99. The molecule has 4 heterocycles. The molecule has 1 aliphatic rings. The van der Waals surface area contributed by atoms with Gasteiger partial charge in [0.15, 0.2) is 5.69 Å². The lowest BCUT2D eigenvalue weighted by atomic mass is 9.82. The standard InChI is InChI=1S/C25H29ClN4O3/c1-15-11-18(16(2)27-19-5-6-21(26)28-23(19)24(32)33)20-12-17(13-22(31)30(20)14-15)29-9-7-25(3,4)8-10-29/h5-6,11-14,16,27H,7-10H2,1-4H3,(H,32,33)/t16-/m1/s1. The largest absolute Gasteiger partial charge is 0.476 e. The zero-order valence-corrected chi connectivity index (χ0v) is 20.1. The molecule has 2 N–H and O–H groups in total. The zero-order chi connectivity index (χ0) is 23.9. The van der Waals surface area contributed by atoms with Crippen LogP contribution in [-0.4, -0.2) is 33.6 Å². The summed E-state index contributed by atoms with van der Waals surface area (Å²) in [4.78, 5) is 30.9. The van der Waals surface area contributed by atoms with Crippen LogP contribution in [0.25, 0.3) is 5.52 Å². The van der Waals surface area contributed by atoms with E-state index in [1.165, 1.54) is 0 Å². The van der Waals surface area contributed by atoms with Crippen molar-refractivity contribution in [3.05, 3.63) is 68.9 Å². The van der Waals surface area contributed by atoms with Gasteiger partial charge in [-0.1, -0.05) is 31.5 Å². The summed E-state index contributed by atoms with van der Waals surface area (Å²) in [5.74, 6) is -1.16. The fourth-order valence-corrected chi connectivity index (χ4v) is 4.55. The smallest absolute Gasteiger partial charge is 0.356 e. The van der Waals surface area contributed by atoms with Gasteiger partial charge in [-0.2, -0.15) is 0 Å². The number of anilines is 2. The molecule has 0 aliphatic carbocycles. The van der Waals surface area contributed by atoms with Gasteiger partial charge >= 0.3 is 5.97 Å². The minimum Gasteiger partial charge on any atom is -0.476 e. The van der Waals surface area contributed by atoms with Crippen molar-refractivity contribution < 1.29 is 9.90 Å². The van der Waals surface area contributed by atoms with Gasteiger partial charge in [0, 0.05) is 31.0 Å². The van der Waals surface area contributed by atoms with Gasteiger partial charge in [0.2, 0.25) is 0 Å². The topological polar surface area (TPSA) is 86.9 Å². The molecule has 0 bridgehead atoms. The van der Waals surface area contributed by atoms with Gasteiger partial charge in [0.25, 0.3) is 5.56 Å². The second-order valence-corrected chi connectivity index (χ2v) is 10.0.